The van der Waals surface area contributed by atoms with Crippen molar-refractivity contribution in [1.29, 1.82) is 0 Å². The monoisotopic (exact) mass is 894 g/mol. The fourth-order valence-electron chi connectivity index (χ4n) is 15.4. The molecule has 71 heavy (non-hydrogen) atoms. The number of hydrogen-bond donors (Lipinski definition) is 0. The van der Waals surface area contributed by atoms with Crippen LogP contribution in [0.4, 0.5) is 0 Å². The minimum atomic E-state index is -0.735. The van der Waals surface area contributed by atoms with Gasteiger partial charge in [0.15, 0.2) is 0 Å². The molecule has 0 aromatic heterocycles. The quantitative estimate of drug-likeness (QED) is 0.152. The summed E-state index contributed by atoms with van der Waals surface area (Å²) in [5.41, 5.74) is 27.6. The minimum absolute atomic E-state index is 0.496. The third-order valence-electron chi connectivity index (χ3n) is 17.8. The third kappa shape index (κ3) is 4.26. The van der Waals surface area contributed by atoms with Crippen LogP contribution in [0.2, 0.25) is 0 Å². The fourth-order valence-corrected chi connectivity index (χ4v) is 15.4. The molecule has 12 aromatic rings. The molecule has 0 atom stereocenters. The van der Waals surface area contributed by atoms with E-state index >= 15 is 0 Å². The van der Waals surface area contributed by atoms with Crippen molar-refractivity contribution in [2.24, 2.45) is 0 Å². The zero-order valence-corrected chi connectivity index (χ0v) is 38.7. The Balaban J connectivity index is 1.06. The predicted molar refractivity (Wildman–Crippen MR) is 291 cm³/mol. The van der Waals surface area contributed by atoms with Crippen molar-refractivity contribution in [3.8, 4) is 55.6 Å². The average Bonchev–Trinajstić information content (AvgIpc) is 4.20. The van der Waals surface area contributed by atoms with Gasteiger partial charge >= 0.3 is 0 Å². The standard InChI is InChI=1S/C71H42/c1-3-27-55-45(19-1)46-20-2-4-28-56(46)68-67(55)57-29-11-18-36-64(57)69(68,43-37-39-53-51-25-9-16-34-62(51)70(65(53)41-43)58-30-12-5-21-47(58)48-22-6-13-31-59(48)70)44-38-40-54-52-26-10-17-35-63(52)71(66(54)42-44)60-32-14-7-23-49(60)50-24-8-15-33-61(50)71/h1-42H. The molecule has 0 bridgehead atoms. The van der Waals surface area contributed by atoms with Crippen LogP contribution in [0.5, 0.6) is 0 Å². The van der Waals surface area contributed by atoms with Crippen LogP contribution in [0.25, 0.3) is 77.2 Å². The molecule has 0 aliphatic heterocycles. The predicted octanol–water partition coefficient (Wildman–Crippen LogP) is 17.0. The Morgan fingerprint density at radius 2 is 0.451 bits per heavy atom. The van der Waals surface area contributed by atoms with Crippen LogP contribution < -0.4 is 0 Å². The Kier molecular flexibility index (Phi) is 7.11. The summed E-state index contributed by atoms with van der Waals surface area (Å²) in [7, 11) is 0. The molecule has 0 heteroatoms. The van der Waals surface area contributed by atoms with E-state index < -0.39 is 16.2 Å². The van der Waals surface area contributed by atoms with E-state index in [2.05, 4.69) is 255 Å². The Bertz CT molecular complexity index is 4050. The first-order valence-electron chi connectivity index (χ1n) is 25.2. The van der Waals surface area contributed by atoms with Crippen LogP contribution in [0.1, 0.15) is 66.8 Å². The lowest BCUT2D eigenvalue weighted by Crippen LogP contribution is -2.32. The van der Waals surface area contributed by atoms with Gasteiger partial charge in [0.2, 0.25) is 0 Å². The highest BCUT2D eigenvalue weighted by atomic mass is 14.6. The lowest BCUT2D eigenvalue weighted by molar-refractivity contribution is 0.746. The zero-order valence-electron chi connectivity index (χ0n) is 38.7. The van der Waals surface area contributed by atoms with Gasteiger partial charge in [-0.15, -0.1) is 0 Å². The maximum atomic E-state index is 2.67. The summed E-state index contributed by atoms with van der Waals surface area (Å²) < 4.78 is 0. The van der Waals surface area contributed by atoms with Crippen LogP contribution in [0, 0.1) is 0 Å². The van der Waals surface area contributed by atoms with Gasteiger partial charge in [-0.3, -0.25) is 0 Å². The van der Waals surface area contributed by atoms with E-state index in [1.54, 1.807) is 0 Å². The number of benzene rings is 12. The van der Waals surface area contributed by atoms with Gasteiger partial charge in [0.05, 0.1) is 16.2 Å². The summed E-state index contributed by atoms with van der Waals surface area (Å²) in [6, 6.07) is 98.4. The second-order valence-corrected chi connectivity index (χ2v) is 20.4. The Hall–Kier alpha value is -8.84. The maximum Gasteiger partial charge on any atom is 0.0725 e. The molecule has 0 N–H and O–H groups in total. The maximum absolute atomic E-state index is 2.67. The molecule has 0 fully saturated rings. The molecule has 326 valence electrons. The van der Waals surface area contributed by atoms with Crippen LogP contribution in [0.15, 0.2) is 255 Å². The van der Waals surface area contributed by atoms with Gasteiger partial charge in [-0.1, -0.05) is 255 Å². The van der Waals surface area contributed by atoms with Gasteiger partial charge in [-0.25, -0.2) is 0 Å². The highest BCUT2D eigenvalue weighted by molar-refractivity contribution is 6.19. The molecule has 2 spiro atoms. The van der Waals surface area contributed by atoms with Crippen molar-refractivity contribution >= 4 is 21.5 Å². The summed E-state index contributed by atoms with van der Waals surface area (Å²) in [4.78, 5) is 0. The van der Waals surface area contributed by atoms with Crippen LogP contribution in [0.3, 0.4) is 0 Å². The second kappa shape index (κ2) is 13.3. The van der Waals surface area contributed by atoms with E-state index in [0.29, 0.717) is 0 Å². The summed E-state index contributed by atoms with van der Waals surface area (Å²) in [6.45, 7) is 0. The molecule has 0 saturated heterocycles. The second-order valence-electron chi connectivity index (χ2n) is 20.4. The van der Waals surface area contributed by atoms with E-state index in [1.165, 1.54) is 144 Å². The molecule has 0 saturated carbocycles. The largest absolute Gasteiger partial charge is 0.0725 e. The van der Waals surface area contributed by atoms with Crippen LogP contribution in [-0.2, 0) is 16.2 Å². The summed E-state index contributed by atoms with van der Waals surface area (Å²) in [6.07, 6.45) is 0. The van der Waals surface area contributed by atoms with Crippen molar-refractivity contribution in [3.63, 3.8) is 0 Å². The first-order valence-corrected chi connectivity index (χ1v) is 25.2. The molecule has 5 aliphatic rings. The molecule has 0 amide bonds. The van der Waals surface area contributed by atoms with E-state index in [4.69, 9.17) is 0 Å². The highest BCUT2D eigenvalue weighted by Gasteiger charge is 2.56. The first kappa shape index (κ1) is 38.1. The lowest BCUT2D eigenvalue weighted by Gasteiger charge is -2.38. The van der Waals surface area contributed by atoms with Gasteiger partial charge in [0.1, 0.15) is 0 Å². The van der Waals surface area contributed by atoms with Gasteiger partial charge in [-0.2, -0.15) is 0 Å². The van der Waals surface area contributed by atoms with E-state index in [9.17, 15) is 0 Å². The molecule has 5 aliphatic carbocycles. The molecule has 0 radical (unpaired) electrons. The summed E-state index contributed by atoms with van der Waals surface area (Å²) in [5, 5.41) is 5.16. The molecular formula is C71H42. The van der Waals surface area contributed by atoms with Gasteiger partial charge in [0, 0.05) is 0 Å². The third-order valence-corrected chi connectivity index (χ3v) is 17.8. The van der Waals surface area contributed by atoms with E-state index in [0.717, 1.165) is 0 Å². The van der Waals surface area contributed by atoms with E-state index in [-0.39, 0.29) is 0 Å². The average molecular weight is 895 g/mol. The van der Waals surface area contributed by atoms with Gasteiger partial charge < -0.3 is 0 Å². The molecule has 17 rings (SSSR count). The topological polar surface area (TPSA) is 0 Å². The van der Waals surface area contributed by atoms with E-state index in [1.807, 2.05) is 0 Å². The van der Waals surface area contributed by atoms with Gasteiger partial charge in [0.25, 0.3) is 0 Å². The number of rotatable bonds is 2. The van der Waals surface area contributed by atoms with Crippen LogP contribution >= 0.6 is 0 Å². The molecule has 0 nitrogen and oxygen atoms in total. The molecule has 0 unspecified atom stereocenters. The summed E-state index contributed by atoms with van der Waals surface area (Å²) in [5.74, 6) is 0. The number of hydrogen-bond acceptors (Lipinski definition) is 0. The normalized spacial score (nSPS) is 15.4. The van der Waals surface area contributed by atoms with Crippen molar-refractivity contribution in [2.45, 2.75) is 16.2 Å². The smallest absolute Gasteiger partial charge is 0.0619 e. The Morgan fingerprint density at radius 3 is 0.831 bits per heavy atom. The highest BCUT2D eigenvalue weighted by Crippen LogP contribution is 2.68. The van der Waals surface area contributed by atoms with Crippen molar-refractivity contribution in [1.82, 2.24) is 0 Å². The van der Waals surface area contributed by atoms with Crippen LogP contribution in [-0.4, -0.2) is 0 Å². The first-order chi connectivity index (χ1) is 35.2. The van der Waals surface area contributed by atoms with Crippen molar-refractivity contribution < 1.29 is 0 Å². The zero-order chi connectivity index (χ0) is 46.2. The van der Waals surface area contributed by atoms with Crippen molar-refractivity contribution in [3.05, 3.63) is 322 Å². The van der Waals surface area contributed by atoms with Gasteiger partial charge in [-0.05, 0) is 144 Å². The summed E-state index contributed by atoms with van der Waals surface area (Å²) >= 11 is 0. The molecular weight excluding hydrogens is 853 g/mol. The van der Waals surface area contributed by atoms with Crippen molar-refractivity contribution in [2.75, 3.05) is 0 Å². The molecule has 0 heterocycles. The molecule has 12 aromatic carbocycles. The SMILES string of the molecule is c1ccc2c(c1)-c1ccccc1C21c2ccccc2-c2ccc(C3(c4ccc5c(c4)C4(c6ccccc6-c6ccccc64)c4ccccc4-5)c4ccccc4-c4c3c3ccccc3c3ccccc43)cc21. The number of fused-ring (bicyclic) bond motifs is 28. The Morgan fingerprint density at radius 1 is 0.183 bits per heavy atom. The minimum Gasteiger partial charge on any atom is -0.0619 e. The lowest BCUT2D eigenvalue weighted by atomic mass is 9.63. The Labute approximate surface area is 412 Å². The fraction of sp³-hybridized carbons (Fsp3) is 0.0423.